The minimum atomic E-state index is -3.84. The number of sulfonamides is 1. The van der Waals surface area contributed by atoms with Gasteiger partial charge >= 0.3 is 0 Å². The third kappa shape index (κ3) is 4.47. The number of rotatable bonds is 5. The second-order valence-corrected chi connectivity index (χ2v) is 8.43. The second-order valence-electron chi connectivity index (χ2n) is 6.31. The summed E-state index contributed by atoms with van der Waals surface area (Å²) in [6, 6.07) is 16.5. The number of hydrogen-bond donors (Lipinski definition) is 2. The van der Waals surface area contributed by atoms with Gasteiger partial charge < -0.3 is 5.32 Å². The van der Waals surface area contributed by atoms with Crippen LogP contribution in [0.2, 0.25) is 5.02 Å². The summed E-state index contributed by atoms with van der Waals surface area (Å²) >= 11 is 6.05. The lowest BCUT2D eigenvalue weighted by molar-refractivity contribution is -0.117. The summed E-state index contributed by atoms with van der Waals surface area (Å²) in [5, 5.41) is 4.94. The molecule has 0 saturated carbocycles. The first-order valence-electron chi connectivity index (χ1n) is 8.34. The van der Waals surface area contributed by atoms with Crippen molar-refractivity contribution >= 4 is 44.0 Å². The number of benzene rings is 3. The van der Waals surface area contributed by atoms with Crippen LogP contribution in [0.15, 0.2) is 65.6 Å². The van der Waals surface area contributed by atoms with Crippen molar-refractivity contribution in [1.29, 1.82) is 0 Å². The molecule has 0 unspecified atom stereocenters. The van der Waals surface area contributed by atoms with E-state index in [2.05, 4.69) is 10.0 Å². The van der Waals surface area contributed by atoms with E-state index >= 15 is 0 Å². The molecule has 0 fully saturated rings. The molecule has 140 valence electrons. The maximum absolute atomic E-state index is 12.6. The lowest BCUT2D eigenvalue weighted by Crippen LogP contribution is -2.41. The minimum absolute atomic E-state index is 0.110. The van der Waals surface area contributed by atoms with Crippen LogP contribution >= 0.6 is 11.6 Å². The molecule has 0 saturated heterocycles. The normalized spacial score (nSPS) is 12.7. The first-order chi connectivity index (χ1) is 12.8. The third-order valence-corrected chi connectivity index (χ3v) is 6.14. The summed E-state index contributed by atoms with van der Waals surface area (Å²) in [5.74, 6) is -0.473. The van der Waals surface area contributed by atoms with Gasteiger partial charge in [0.15, 0.2) is 0 Å². The fourth-order valence-corrected chi connectivity index (χ4v) is 4.03. The van der Waals surface area contributed by atoms with Gasteiger partial charge in [-0.2, -0.15) is 4.72 Å². The highest BCUT2D eigenvalue weighted by Crippen LogP contribution is 2.21. The number of hydrogen-bond acceptors (Lipinski definition) is 3. The van der Waals surface area contributed by atoms with E-state index in [0.717, 1.165) is 16.3 Å². The SMILES string of the molecule is Cc1ccc(NC(=O)[C@H](C)NS(=O)(=O)c2ccc3ccccc3c2)cc1Cl. The molecule has 0 aliphatic heterocycles. The highest BCUT2D eigenvalue weighted by molar-refractivity contribution is 7.89. The number of anilines is 1. The first kappa shape index (κ1) is 19.4. The highest BCUT2D eigenvalue weighted by atomic mass is 35.5. The van der Waals surface area contributed by atoms with E-state index in [9.17, 15) is 13.2 Å². The van der Waals surface area contributed by atoms with Gasteiger partial charge in [-0.3, -0.25) is 4.79 Å². The van der Waals surface area contributed by atoms with E-state index in [0.29, 0.717) is 10.7 Å². The molecule has 3 aromatic rings. The Bertz CT molecular complexity index is 1110. The summed E-state index contributed by atoms with van der Waals surface area (Å²) in [7, 11) is -3.84. The Hall–Kier alpha value is -2.41. The molecule has 3 rings (SSSR count). The number of carbonyl (C=O) groups excluding carboxylic acids is 1. The number of aryl methyl sites for hydroxylation is 1. The molecular weight excluding hydrogens is 384 g/mol. The highest BCUT2D eigenvalue weighted by Gasteiger charge is 2.22. The zero-order chi connectivity index (χ0) is 19.6. The van der Waals surface area contributed by atoms with Crippen LogP contribution in [0.4, 0.5) is 5.69 Å². The number of halogens is 1. The molecule has 0 spiro atoms. The topological polar surface area (TPSA) is 75.3 Å². The van der Waals surface area contributed by atoms with Crippen LogP contribution in [0.25, 0.3) is 10.8 Å². The largest absolute Gasteiger partial charge is 0.325 e. The van der Waals surface area contributed by atoms with Crippen molar-refractivity contribution in [2.24, 2.45) is 0 Å². The van der Waals surface area contributed by atoms with Crippen molar-refractivity contribution in [2.45, 2.75) is 24.8 Å². The smallest absolute Gasteiger partial charge is 0.242 e. The minimum Gasteiger partial charge on any atom is -0.325 e. The van der Waals surface area contributed by atoms with Crippen LogP contribution in [-0.4, -0.2) is 20.4 Å². The van der Waals surface area contributed by atoms with Crippen molar-refractivity contribution in [3.8, 4) is 0 Å². The van der Waals surface area contributed by atoms with Gasteiger partial charge in [-0.15, -0.1) is 0 Å². The Labute approximate surface area is 163 Å². The Morgan fingerprint density at radius 1 is 1.00 bits per heavy atom. The number of carbonyl (C=O) groups is 1. The lowest BCUT2D eigenvalue weighted by atomic mass is 10.1. The Morgan fingerprint density at radius 2 is 1.70 bits per heavy atom. The zero-order valence-electron chi connectivity index (χ0n) is 14.9. The summed E-state index contributed by atoms with van der Waals surface area (Å²) in [5.41, 5.74) is 1.40. The maximum atomic E-state index is 12.6. The Morgan fingerprint density at radius 3 is 2.41 bits per heavy atom. The van der Waals surface area contributed by atoms with Gasteiger partial charge in [-0.25, -0.2) is 8.42 Å². The second kappa shape index (κ2) is 7.68. The van der Waals surface area contributed by atoms with Gasteiger partial charge in [-0.1, -0.05) is 48.0 Å². The van der Waals surface area contributed by atoms with E-state index in [1.807, 2.05) is 31.2 Å². The van der Waals surface area contributed by atoms with Crippen LogP contribution in [0, 0.1) is 6.92 Å². The molecule has 3 aromatic carbocycles. The van der Waals surface area contributed by atoms with Crippen LogP contribution < -0.4 is 10.0 Å². The average Bonchev–Trinajstić information content (AvgIpc) is 2.64. The van der Waals surface area contributed by atoms with E-state index in [4.69, 9.17) is 11.6 Å². The van der Waals surface area contributed by atoms with Gasteiger partial charge in [0, 0.05) is 10.7 Å². The molecule has 27 heavy (non-hydrogen) atoms. The zero-order valence-corrected chi connectivity index (χ0v) is 16.4. The van der Waals surface area contributed by atoms with Crippen molar-refractivity contribution < 1.29 is 13.2 Å². The number of fused-ring (bicyclic) bond motifs is 1. The van der Waals surface area contributed by atoms with Crippen LogP contribution in [0.3, 0.4) is 0 Å². The van der Waals surface area contributed by atoms with E-state index in [1.165, 1.54) is 13.0 Å². The molecule has 1 amide bonds. The van der Waals surface area contributed by atoms with Crippen LogP contribution in [-0.2, 0) is 14.8 Å². The molecule has 1 atom stereocenters. The number of amides is 1. The van der Waals surface area contributed by atoms with E-state index < -0.39 is 22.0 Å². The van der Waals surface area contributed by atoms with E-state index in [-0.39, 0.29) is 4.90 Å². The average molecular weight is 403 g/mol. The molecule has 0 aromatic heterocycles. The van der Waals surface area contributed by atoms with E-state index in [1.54, 1.807) is 30.3 Å². The summed E-state index contributed by atoms with van der Waals surface area (Å²) < 4.78 is 27.7. The summed E-state index contributed by atoms with van der Waals surface area (Å²) in [6.45, 7) is 3.35. The molecule has 7 heteroatoms. The summed E-state index contributed by atoms with van der Waals surface area (Å²) in [4.78, 5) is 12.5. The molecule has 5 nitrogen and oxygen atoms in total. The molecule has 2 N–H and O–H groups in total. The predicted octanol–water partition coefficient (Wildman–Crippen LogP) is 4.11. The van der Waals surface area contributed by atoms with Crippen LogP contribution in [0.1, 0.15) is 12.5 Å². The molecule has 0 radical (unpaired) electrons. The van der Waals surface area contributed by atoms with Crippen molar-refractivity contribution in [1.82, 2.24) is 4.72 Å². The molecular formula is C20H19ClN2O3S. The Balaban J connectivity index is 1.75. The molecule has 0 aliphatic rings. The fourth-order valence-electron chi connectivity index (χ4n) is 2.61. The Kier molecular flexibility index (Phi) is 5.51. The molecule has 0 aliphatic carbocycles. The summed E-state index contributed by atoms with van der Waals surface area (Å²) in [6.07, 6.45) is 0. The molecule has 0 bridgehead atoms. The number of nitrogens with one attached hydrogen (secondary N) is 2. The fraction of sp³-hybridized carbons (Fsp3) is 0.150. The third-order valence-electron chi connectivity index (χ3n) is 4.20. The van der Waals surface area contributed by atoms with Gasteiger partial charge in [0.25, 0.3) is 0 Å². The predicted molar refractivity (Wildman–Crippen MR) is 109 cm³/mol. The van der Waals surface area contributed by atoms with Crippen LogP contribution in [0.5, 0.6) is 0 Å². The monoisotopic (exact) mass is 402 g/mol. The first-order valence-corrected chi connectivity index (χ1v) is 10.2. The molecule has 0 heterocycles. The van der Waals surface area contributed by atoms with Crippen molar-refractivity contribution in [3.63, 3.8) is 0 Å². The van der Waals surface area contributed by atoms with Crippen molar-refractivity contribution in [3.05, 3.63) is 71.2 Å². The van der Waals surface area contributed by atoms with Gasteiger partial charge in [0.1, 0.15) is 0 Å². The lowest BCUT2D eigenvalue weighted by Gasteiger charge is -2.15. The van der Waals surface area contributed by atoms with Gasteiger partial charge in [-0.05, 0) is 54.4 Å². The van der Waals surface area contributed by atoms with Gasteiger partial charge in [0.05, 0.1) is 10.9 Å². The maximum Gasteiger partial charge on any atom is 0.242 e. The van der Waals surface area contributed by atoms with Crippen molar-refractivity contribution in [2.75, 3.05) is 5.32 Å². The standard InChI is InChI=1S/C20H19ClN2O3S/c1-13-7-9-17(12-19(13)21)22-20(24)14(2)23-27(25,26)18-10-8-15-5-3-4-6-16(15)11-18/h3-12,14,23H,1-2H3,(H,22,24)/t14-/m0/s1. The van der Waals surface area contributed by atoms with Gasteiger partial charge in [0.2, 0.25) is 15.9 Å². The quantitative estimate of drug-likeness (QED) is 0.674.